The van der Waals surface area contributed by atoms with Gasteiger partial charge in [-0.05, 0) is 49.9 Å². The molecule has 2 nitrogen and oxygen atoms in total. The lowest BCUT2D eigenvalue weighted by atomic mass is 9.84. The third-order valence-corrected chi connectivity index (χ3v) is 3.39. The normalized spacial score (nSPS) is 12.6. The Morgan fingerprint density at radius 1 is 1.11 bits per heavy atom. The van der Waals surface area contributed by atoms with E-state index < -0.39 is 0 Å². The van der Waals surface area contributed by atoms with Gasteiger partial charge in [0.2, 0.25) is 0 Å². The van der Waals surface area contributed by atoms with Crippen LogP contribution in [-0.2, 0) is 11.8 Å². The number of hydrogen-bond donors (Lipinski definition) is 1. The summed E-state index contributed by atoms with van der Waals surface area (Å²) in [7, 11) is 3.75. The molecule has 0 amide bonds. The van der Waals surface area contributed by atoms with Crippen LogP contribution in [0, 0.1) is 0 Å². The molecular formula is C16H27NO. The molecule has 0 fully saturated rings. The molecule has 0 unspecified atom stereocenters. The van der Waals surface area contributed by atoms with E-state index in [1.165, 1.54) is 11.1 Å². The van der Waals surface area contributed by atoms with E-state index in [0.29, 0.717) is 0 Å². The molecule has 0 spiro atoms. The summed E-state index contributed by atoms with van der Waals surface area (Å²) in [5.41, 5.74) is 2.84. The molecule has 0 saturated carbocycles. The van der Waals surface area contributed by atoms with E-state index in [9.17, 15) is 0 Å². The molecule has 0 atom stereocenters. The Balaban J connectivity index is 3.11. The summed E-state index contributed by atoms with van der Waals surface area (Å²) in [6, 6.07) is 6.52. The Bertz CT molecular complexity index is 402. The predicted octanol–water partition coefficient (Wildman–Crippen LogP) is 3.53. The summed E-state index contributed by atoms with van der Waals surface area (Å²) in [6.45, 7) is 11.1. The Labute approximate surface area is 112 Å². The summed E-state index contributed by atoms with van der Waals surface area (Å²) in [4.78, 5) is 0. The van der Waals surface area contributed by atoms with E-state index in [1.54, 1.807) is 7.11 Å². The molecule has 1 aromatic rings. The van der Waals surface area contributed by atoms with Gasteiger partial charge in [0.15, 0.2) is 0 Å². The lowest BCUT2D eigenvalue weighted by Crippen LogP contribution is -2.38. The van der Waals surface area contributed by atoms with Crippen molar-refractivity contribution in [3.8, 4) is 5.75 Å². The smallest absolute Gasteiger partial charge is 0.122 e. The van der Waals surface area contributed by atoms with Crippen LogP contribution in [-0.4, -0.2) is 19.7 Å². The van der Waals surface area contributed by atoms with Gasteiger partial charge in [0.1, 0.15) is 5.75 Å². The highest BCUT2D eigenvalue weighted by atomic mass is 16.5. The van der Waals surface area contributed by atoms with Crippen molar-refractivity contribution >= 4 is 0 Å². The minimum absolute atomic E-state index is 0.102. The van der Waals surface area contributed by atoms with Crippen LogP contribution in [0.3, 0.4) is 0 Å². The lowest BCUT2D eigenvalue weighted by Gasteiger charge is -2.27. The van der Waals surface area contributed by atoms with Crippen LogP contribution in [0.1, 0.15) is 45.7 Å². The number of likely N-dealkylation sites (N-methyl/N-ethyl adjacent to an activating group) is 1. The maximum Gasteiger partial charge on any atom is 0.122 e. The molecule has 18 heavy (non-hydrogen) atoms. The van der Waals surface area contributed by atoms with Crippen LogP contribution in [0.2, 0.25) is 0 Å². The maximum atomic E-state index is 5.47. The van der Waals surface area contributed by atoms with Crippen LogP contribution >= 0.6 is 0 Å². The number of benzene rings is 1. The average Bonchev–Trinajstić information content (AvgIpc) is 2.27. The molecule has 1 rings (SSSR count). The van der Waals surface area contributed by atoms with Crippen LogP contribution in [0.5, 0.6) is 5.75 Å². The highest BCUT2D eigenvalue weighted by Crippen LogP contribution is 2.32. The minimum Gasteiger partial charge on any atom is -0.496 e. The van der Waals surface area contributed by atoms with Crippen molar-refractivity contribution < 1.29 is 4.74 Å². The number of ether oxygens (including phenoxy) is 1. The topological polar surface area (TPSA) is 21.3 Å². The third kappa shape index (κ3) is 3.74. The fraction of sp³-hybridized carbons (Fsp3) is 0.625. The first-order valence-electron chi connectivity index (χ1n) is 6.56. The van der Waals surface area contributed by atoms with Crippen molar-refractivity contribution in [2.24, 2.45) is 0 Å². The second-order valence-electron chi connectivity index (χ2n) is 6.60. The fourth-order valence-electron chi connectivity index (χ4n) is 2.05. The molecule has 0 aliphatic heterocycles. The summed E-state index contributed by atoms with van der Waals surface area (Å²) in [5, 5.41) is 3.35. The van der Waals surface area contributed by atoms with E-state index in [0.717, 1.165) is 12.2 Å². The Hall–Kier alpha value is -1.02. The molecule has 0 bridgehead atoms. The molecule has 0 aromatic heterocycles. The zero-order valence-electron chi connectivity index (χ0n) is 12.8. The van der Waals surface area contributed by atoms with Gasteiger partial charge in [-0.2, -0.15) is 0 Å². The highest BCUT2D eigenvalue weighted by molar-refractivity contribution is 5.42. The molecule has 0 aliphatic rings. The summed E-state index contributed by atoms with van der Waals surface area (Å²) in [5.74, 6) is 0.980. The number of hydrogen-bond acceptors (Lipinski definition) is 2. The quantitative estimate of drug-likeness (QED) is 0.881. The molecule has 1 aromatic carbocycles. The maximum absolute atomic E-state index is 5.47. The molecule has 2 heteroatoms. The monoisotopic (exact) mass is 249 g/mol. The molecular weight excluding hydrogens is 222 g/mol. The van der Waals surface area contributed by atoms with Gasteiger partial charge in [-0.1, -0.05) is 32.9 Å². The van der Waals surface area contributed by atoms with Crippen LogP contribution < -0.4 is 10.1 Å². The van der Waals surface area contributed by atoms with Crippen molar-refractivity contribution in [2.75, 3.05) is 14.2 Å². The van der Waals surface area contributed by atoms with E-state index in [4.69, 9.17) is 4.74 Å². The third-order valence-electron chi connectivity index (χ3n) is 3.39. The number of nitrogens with one attached hydrogen (secondary N) is 1. The van der Waals surface area contributed by atoms with Crippen molar-refractivity contribution in [2.45, 2.75) is 52.0 Å². The first-order valence-corrected chi connectivity index (χ1v) is 6.56. The molecule has 0 radical (unpaired) electrons. The van der Waals surface area contributed by atoms with Crippen molar-refractivity contribution in [3.63, 3.8) is 0 Å². The first kappa shape index (κ1) is 15.0. The minimum atomic E-state index is 0.102. The number of rotatable bonds is 4. The van der Waals surface area contributed by atoms with Crippen molar-refractivity contribution in [3.05, 3.63) is 29.3 Å². The van der Waals surface area contributed by atoms with E-state index in [1.807, 2.05) is 7.05 Å². The second kappa shape index (κ2) is 5.31. The summed E-state index contributed by atoms with van der Waals surface area (Å²) in [6.07, 6.45) is 1.01. The zero-order chi connectivity index (χ0) is 14.0. The Kier molecular flexibility index (Phi) is 4.44. The van der Waals surface area contributed by atoms with E-state index >= 15 is 0 Å². The SMILES string of the molecule is CNC(C)(C)Cc1ccc(OC)c(C(C)(C)C)c1. The summed E-state index contributed by atoms with van der Waals surface area (Å²) >= 11 is 0. The predicted molar refractivity (Wildman–Crippen MR) is 78.5 cm³/mol. The van der Waals surface area contributed by atoms with Gasteiger partial charge in [0.25, 0.3) is 0 Å². The highest BCUT2D eigenvalue weighted by Gasteiger charge is 2.21. The Morgan fingerprint density at radius 2 is 1.72 bits per heavy atom. The first-order chi connectivity index (χ1) is 8.19. The van der Waals surface area contributed by atoms with Gasteiger partial charge in [-0.25, -0.2) is 0 Å². The molecule has 0 heterocycles. The van der Waals surface area contributed by atoms with E-state index in [-0.39, 0.29) is 11.0 Å². The van der Waals surface area contributed by atoms with Gasteiger partial charge in [-0.3, -0.25) is 0 Å². The van der Waals surface area contributed by atoms with Crippen molar-refractivity contribution in [1.82, 2.24) is 5.32 Å². The van der Waals surface area contributed by atoms with Crippen LogP contribution in [0.4, 0.5) is 0 Å². The van der Waals surface area contributed by atoms with Crippen molar-refractivity contribution in [1.29, 1.82) is 0 Å². The largest absolute Gasteiger partial charge is 0.496 e. The standard InChI is InChI=1S/C16H27NO/c1-15(2,3)13-10-12(8-9-14(13)18-7)11-16(4,5)17-6/h8-10,17H,11H2,1-7H3. The fourth-order valence-corrected chi connectivity index (χ4v) is 2.05. The average molecular weight is 249 g/mol. The van der Waals surface area contributed by atoms with E-state index in [2.05, 4.69) is 58.1 Å². The van der Waals surface area contributed by atoms with Gasteiger partial charge in [0.05, 0.1) is 7.11 Å². The Morgan fingerprint density at radius 3 is 2.17 bits per heavy atom. The van der Waals surface area contributed by atoms with Gasteiger partial charge in [0, 0.05) is 5.54 Å². The van der Waals surface area contributed by atoms with Gasteiger partial charge in [-0.15, -0.1) is 0 Å². The lowest BCUT2D eigenvalue weighted by molar-refractivity contribution is 0.395. The molecule has 0 aliphatic carbocycles. The van der Waals surface area contributed by atoms with Gasteiger partial charge >= 0.3 is 0 Å². The molecule has 102 valence electrons. The van der Waals surface area contributed by atoms with Crippen LogP contribution in [0.15, 0.2) is 18.2 Å². The van der Waals surface area contributed by atoms with Gasteiger partial charge < -0.3 is 10.1 Å². The number of methoxy groups -OCH3 is 1. The summed E-state index contributed by atoms with van der Waals surface area (Å²) < 4.78 is 5.47. The van der Waals surface area contributed by atoms with Crippen LogP contribution in [0.25, 0.3) is 0 Å². The molecule has 1 N–H and O–H groups in total. The second-order valence-corrected chi connectivity index (χ2v) is 6.60. The molecule has 0 saturated heterocycles. The zero-order valence-corrected chi connectivity index (χ0v) is 12.8.